The summed E-state index contributed by atoms with van der Waals surface area (Å²) in [6, 6.07) is -0.384. The number of hydrogen-bond acceptors (Lipinski definition) is 5. The van der Waals surface area contributed by atoms with E-state index in [2.05, 4.69) is 5.32 Å². The van der Waals surface area contributed by atoms with Gasteiger partial charge in [-0.15, -0.1) is 0 Å². The van der Waals surface area contributed by atoms with Crippen LogP contribution in [0.1, 0.15) is 19.3 Å². The highest BCUT2D eigenvalue weighted by molar-refractivity contribution is 5.79. The third-order valence-corrected chi connectivity index (χ3v) is 4.10. The van der Waals surface area contributed by atoms with Gasteiger partial charge in [0.25, 0.3) is 0 Å². The van der Waals surface area contributed by atoms with Crippen LogP contribution >= 0.6 is 0 Å². The Morgan fingerprint density at radius 2 is 2.00 bits per heavy atom. The molecule has 1 saturated carbocycles. The van der Waals surface area contributed by atoms with Crippen molar-refractivity contribution in [2.45, 2.75) is 37.5 Å². The number of nitrogens with one attached hydrogen (secondary N) is 1. The zero-order valence-electron chi connectivity index (χ0n) is 11.2. The summed E-state index contributed by atoms with van der Waals surface area (Å²) in [5, 5.41) is 22.7. The van der Waals surface area contributed by atoms with Crippen LogP contribution in [0.25, 0.3) is 0 Å². The number of aliphatic hydroxyl groups excluding tert-OH is 2. The number of carbonyl (C=O) groups excluding carboxylic acids is 1. The second-order valence-corrected chi connectivity index (χ2v) is 5.43. The summed E-state index contributed by atoms with van der Waals surface area (Å²) < 4.78 is 10.2. The van der Waals surface area contributed by atoms with Gasteiger partial charge in [-0.1, -0.05) is 0 Å². The van der Waals surface area contributed by atoms with Gasteiger partial charge in [-0.2, -0.15) is 0 Å². The lowest BCUT2D eigenvalue weighted by molar-refractivity contribution is -0.129. The van der Waals surface area contributed by atoms with Crippen LogP contribution in [0.2, 0.25) is 0 Å². The second-order valence-electron chi connectivity index (χ2n) is 5.43. The van der Waals surface area contributed by atoms with Crippen LogP contribution in [0.15, 0.2) is 0 Å². The fourth-order valence-corrected chi connectivity index (χ4v) is 2.91. The maximum Gasteiger partial charge on any atom is 0.223 e. The molecule has 110 valence electrons. The predicted molar refractivity (Wildman–Crippen MR) is 67.5 cm³/mol. The lowest BCUT2D eigenvalue weighted by Crippen LogP contribution is -2.46. The molecule has 1 saturated heterocycles. The van der Waals surface area contributed by atoms with Crippen LogP contribution in [0, 0.1) is 11.8 Å². The molecule has 2 rings (SSSR count). The molecule has 6 heteroatoms. The van der Waals surface area contributed by atoms with Crippen molar-refractivity contribution in [2.75, 3.05) is 26.9 Å². The number of ether oxygens (including phenoxy) is 2. The zero-order chi connectivity index (χ0) is 13.8. The van der Waals surface area contributed by atoms with Gasteiger partial charge in [0, 0.05) is 32.2 Å². The Bertz CT molecular complexity index is 305. The maximum absolute atomic E-state index is 12.1. The molecular formula is C13H23NO5. The Labute approximate surface area is 113 Å². The lowest BCUT2D eigenvalue weighted by atomic mass is 9.98. The summed E-state index contributed by atoms with van der Waals surface area (Å²) in [5.41, 5.74) is 0. The number of hydrogen-bond donors (Lipinski definition) is 3. The van der Waals surface area contributed by atoms with Crippen molar-refractivity contribution in [3.05, 3.63) is 0 Å². The highest BCUT2D eigenvalue weighted by Gasteiger charge is 2.42. The summed E-state index contributed by atoms with van der Waals surface area (Å²) in [4.78, 5) is 12.1. The van der Waals surface area contributed by atoms with Gasteiger partial charge in [0.15, 0.2) is 0 Å². The van der Waals surface area contributed by atoms with Gasteiger partial charge in [0.2, 0.25) is 5.91 Å². The zero-order valence-corrected chi connectivity index (χ0v) is 11.2. The fraction of sp³-hybridized carbons (Fsp3) is 0.923. The van der Waals surface area contributed by atoms with Crippen molar-refractivity contribution in [1.82, 2.24) is 5.32 Å². The third kappa shape index (κ3) is 3.45. The first kappa shape index (κ1) is 14.7. The van der Waals surface area contributed by atoms with Crippen LogP contribution in [0.4, 0.5) is 0 Å². The van der Waals surface area contributed by atoms with Gasteiger partial charge in [-0.05, 0) is 19.3 Å². The molecule has 0 radical (unpaired) electrons. The van der Waals surface area contributed by atoms with E-state index in [0.29, 0.717) is 26.2 Å². The Hall–Kier alpha value is -0.690. The van der Waals surface area contributed by atoms with E-state index in [1.807, 2.05) is 0 Å². The van der Waals surface area contributed by atoms with Crippen LogP contribution < -0.4 is 5.32 Å². The summed E-state index contributed by atoms with van der Waals surface area (Å²) >= 11 is 0. The van der Waals surface area contributed by atoms with Crippen molar-refractivity contribution in [1.29, 1.82) is 0 Å². The van der Waals surface area contributed by atoms with E-state index in [1.165, 1.54) is 0 Å². The smallest absolute Gasteiger partial charge is 0.223 e. The molecule has 2 aliphatic rings. The third-order valence-electron chi connectivity index (χ3n) is 4.10. The molecule has 0 aromatic rings. The number of methoxy groups -OCH3 is 1. The van der Waals surface area contributed by atoms with E-state index >= 15 is 0 Å². The molecular weight excluding hydrogens is 250 g/mol. The summed E-state index contributed by atoms with van der Waals surface area (Å²) in [6.45, 7) is 1.61. The molecule has 0 aromatic carbocycles. The Kier molecular flexibility index (Phi) is 5.15. The molecule has 2 fully saturated rings. The number of aliphatic hydroxyl groups is 2. The van der Waals surface area contributed by atoms with E-state index in [4.69, 9.17) is 9.47 Å². The molecule has 1 aliphatic heterocycles. The van der Waals surface area contributed by atoms with Gasteiger partial charge in [-0.3, -0.25) is 4.79 Å². The topological polar surface area (TPSA) is 88.0 Å². The van der Waals surface area contributed by atoms with Crippen molar-refractivity contribution < 1.29 is 24.5 Å². The van der Waals surface area contributed by atoms with E-state index < -0.39 is 12.2 Å². The van der Waals surface area contributed by atoms with Crippen LogP contribution in [0.5, 0.6) is 0 Å². The average Bonchev–Trinajstić information content (AvgIpc) is 2.69. The minimum absolute atomic E-state index is 0.0421. The molecule has 6 nitrogen and oxygen atoms in total. The molecule has 0 unspecified atom stereocenters. The Morgan fingerprint density at radius 1 is 1.32 bits per heavy atom. The summed E-state index contributed by atoms with van der Waals surface area (Å²) in [6.07, 6.45) is 0.242. The summed E-state index contributed by atoms with van der Waals surface area (Å²) in [7, 11) is 1.56. The second kappa shape index (κ2) is 6.65. The van der Waals surface area contributed by atoms with Crippen molar-refractivity contribution >= 4 is 5.91 Å². The minimum atomic E-state index is -0.913. The van der Waals surface area contributed by atoms with Crippen molar-refractivity contribution in [3.63, 3.8) is 0 Å². The average molecular weight is 273 g/mol. The molecule has 1 amide bonds. The normalized spacial score (nSPS) is 36.4. The maximum atomic E-state index is 12.1. The van der Waals surface area contributed by atoms with Gasteiger partial charge in [0.05, 0.1) is 18.8 Å². The quantitative estimate of drug-likeness (QED) is 0.629. The first-order valence-corrected chi connectivity index (χ1v) is 6.86. The molecule has 0 spiro atoms. The van der Waals surface area contributed by atoms with Crippen LogP contribution in [-0.2, 0) is 14.3 Å². The number of rotatable bonds is 4. The number of carbonyl (C=O) groups is 1. The van der Waals surface area contributed by atoms with Crippen LogP contribution in [-0.4, -0.2) is 61.3 Å². The molecule has 1 aliphatic carbocycles. The predicted octanol–water partition coefficient (Wildman–Crippen LogP) is -0.714. The molecule has 0 bridgehead atoms. The Balaban J connectivity index is 1.86. The molecule has 1 heterocycles. The highest BCUT2D eigenvalue weighted by atomic mass is 16.5. The first-order valence-electron chi connectivity index (χ1n) is 6.86. The molecule has 4 atom stereocenters. The van der Waals surface area contributed by atoms with E-state index in [-0.39, 0.29) is 23.8 Å². The van der Waals surface area contributed by atoms with E-state index in [0.717, 1.165) is 12.8 Å². The number of amides is 1. The standard InChI is InChI=1S/C13H23NO5/c1-18-7-9-6-10(12(16)11(9)15)14-13(17)8-2-4-19-5-3-8/h8-12,15-16H,2-7H2,1H3,(H,14,17)/t9-,10-,11-,12+/m1/s1. The lowest BCUT2D eigenvalue weighted by Gasteiger charge is -2.24. The Morgan fingerprint density at radius 3 is 2.63 bits per heavy atom. The van der Waals surface area contributed by atoms with E-state index in [9.17, 15) is 15.0 Å². The summed E-state index contributed by atoms with van der Waals surface area (Å²) in [5.74, 6) is -0.211. The molecule has 19 heavy (non-hydrogen) atoms. The van der Waals surface area contributed by atoms with Crippen LogP contribution in [0.3, 0.4) is 0 Å². The molecule has 3 N–H and O–H groups in total. The van der Waals surface area contributed by atoms with Gasteiger partial charge in [0.1, 0.15) is 6.10 Å². The largest absolute Gasteiger partial charge is 0.390 e. The highest BCUT2D eigenvalue weighted by Crippen LogP contribution is 2.27. The minimum Gasteiger partial charge on any atom is -0.390 e. The van der Waals surface area contributed by atoms with Gasteiger partial charge >= 0.3 is 0 Å². The van der Waals surface area contributed by atoms with E-state index in [1.54, 1.807) is 7.11 Å². The van der Waals surface area contributed by atoms with Crippen molar-refractivity contribution in [3.8, 4) is 0 Å². The van der Waals surface area contributed by atoms with Crippen molar-refractivity contribution in [2.24, 2.45) is 11.8 Å². The molecule has 0 aromatic heterocycles. The fourth-order valence-electron chi connectivity index (χ4n) is 2.91. The monoisotopic (exact) mass is 273 g/mol. The first-order chi connectivity index (χ1) is 9.13. The SMILES string of the molecule is COC[C@H]1C[C@@H](NC(=O)C2CCOCC2)[C@H](O)[C@@H]1O. The van der Waals surface area contributed by atoms with Gasteiger partial charge in [-0.25, -0.2) is 0 Å². The van der Waals surface area contributed by atoms with Gasteiger partial charge < -0.3 is 25.0 Å².